The molecule has 0 N–H and O–H groups in total. The SMILES string of the molecule is CC1=CN(Cl)CS1. The van der Waals surface area contributed by atoms with Gasteiger partial charge in [0, 0.05) is 22.9 Å². The number of rotatable bonds is 0. The van der Waals surface area contributed by atoms with E-state index in [1.54, 1.807) is 16.2 Å². The van der Waals surface area contributed by atoms with Crippen LogP contribution in [0.2, 0.25) is 0 Å². The molecule has 0 fully saturated rings. The second-order valence-corrected chi connectivity index (χ2v) is 3.04. The Labute approximate surface area is 52.4 Å². The molecule has 0 aromatic heterocycles. The fraction of sp³-hybridized carbons (Fsp3) is 0.500. The van der Waals surface area contributed by atoms with Gasteiger partial charge >= 0.3 is 0 Å². The van der Waals surface area contributed by atoms with Crippen molar-refractivity contribution in [3.8, 4) is 0 Å². The maximum atomic E-state index is 5.54. The molecule has 0 unspecified atom stereocenters. The van der Waals surface area contributed by atoms with E-state index in [0.717, 1.165) is 5.88 Å². The van der Waals surface area contributed by atoms with E-state index in [4.69, 9.17) is 11.8 Å². The van der Waals surface area contributed by atoms with E-state index in [0.29, 0.717) is 0 Å². The van der Waals surface area contributed by atoms with Crippen LogP contribution in [0.25, 0.3) is 0 Å². The summed E-state index contributed by atoms with van der Waals surface area (Å²) in [5, 5.41) is 0. The van der Waals surface area contributed by atoms with E-state index in [2.05, 4.69) is 0 Å². The highest BCUT2D eigenvalue weighted by Gasteiger charge is 2.04. The molecular formula is C4H6ClNS. The summed E-state index contributed by atoms with van der Waals surface area (Å²) in [4.78, 5) is 1.29. The van der Waals surface area contributed by atoms with Gasteiger partial charge in [-0.05, 0) is 6.92 Å². The Morgan fingerprint density at radius 2 is 2.71 bits per heavy atom. The highest BCUT2D eigenvalue weighted by molar-refractivity contribution is 8.03. The first-order valence-electron chi connectivity index (χ1n) is 2.02. The molecule has 7 heavy (non-hydrogen) atoms. The van der Waals surface area contributed by atoms with E-state index >= 15 is 0 Å². The zero-order valence-electron chi connectivity index (χ0n) is 4.02. The van der Waals surface area contributed by atoms with Gasteiger partial charge in [0.05, 0.1) is 5.88 Å². The monoisotopic (exact) mass is 135 g/mol. The van der Waals surface area contributed by atoms with Gasteiger partial charge in [-0.2, -0.15) is 0 Å². The van der Waals surface area contributed by atoms with E-state index < -0.39 is 0 Å². The van der Waals surface area contributed by atoms with Gasteiger partial charge in [0.1, 0.15) is 0 Å². The minimum Gasteiger partial charge on any atom is -0.281 e. The molecule has 40 valence electrons. The second-order valence-electron chi connectivity index (χ2n) is 1.41. The maximum Gasteiger partial charge on any atom is 0.0840 e. The highest BCUT2D eigenvalue weighted by Crippen LogP contribution is 2.25. The molecule has 0 radical (unpaired) electrons. The fourth-order valence-electron chi connectivity index (χ4n) is 0.435. The molecule has 1 nitrogen and oxygen atoms in total. The standard InChI is InChI=1S/C4H6ClNS/c1-4-2-6(5)3-7-4/h2H,3H2,1H3. The van der Waals surface area contributed by atoms with Gasteiger partial charge in [-0.15, -0.1) is 11.8 Å². The number of halogens is 1. The number of allylic oxidation sites excluding steroid dienone is 1. The summed E-state index contributed by atoms with van der Waals surface area (Å²) >= 11 is 7.30. The molecule has 1 heterocycles. The first kappa shape index (κ1) is 5.32. The quantitative estimate of drug-likeness (QED) is 0.468. The first-order chi connectivity index (χ1) is 3.29. The van der Waals surface area contributed by atoms with Crippen molar-refractivity contribution in [2.45, 2.75) is 6.92 Å². The van der Waals surface area contributed by atoms with Crippen molar-refractivity contribution >= 4 is 23.5 Å². The Morgan fingerprint density at radius 1 is 2.00 bits per heavy atom. The van der Waals surface area contributed by atoms with Crippen molar-refractivity contribution in [2.24, 2.45) is 0 Å². The fourth-order valence-corrected chi connectivity index (χ4v) is 1.39. The van der Waals surface area contributed by atoms with Crippen LogP contribution < -0.4 is 0 Å². The van der Waals surface area contributed by atoms with Crippen LogP contribution in [0, 0.1) is 0 Å². The average Bonchev–Trinajstić information content (AvgIpc) is 1.87. The van der Waals surface area contributed by atoms with Crippen molar-refractivity contribution in [1.82, 2.24) is 4.42 Å². The molecule has 0 aliphatic carbocycles. The Balaban J connectivity index is 2.50. The molecule has 0 saturated carbocycles. The molecule has 1 aliphatic rings. The van der Waals surface area contributed by atoms with Crippen LogP contribution in [0.3, 0.4) is 0 Å². The van der Waals surface area contributed by atoms with Crippen molar-refractivity contribution < 1.29 is 0 Å². The molecule has 0 atom stereocenters. The summed E-state index contributed by atoms with van der Waals surface area (Å²) in [6, 6.07) is 0. The molecule has 0 spiro atoms. The Morgan fingerprint density at radius 3 is 2.86 bits per heavy atom. The molecule has 3 heteroatoms. The summed E-state index contributed by atoms with van der Waals surface area (Å²) < 4.78 is 1.65. The molecule has 0 aromatic rings. The second kappa shape index (κ2) is 1.97. The Hall–Kier alpha value is 0.180. The number of hydrogen-bond donors (Lipinski definition) is 0. The summed E-state index contributed by atoms with van der Waals surface area (Å²) in [5.41, 5.74) is 0. The van der Waals surface area contributed by atoms with Crippen molar-refractivity contribution in [3.05, 3.63) is 11.1 Å². The Bertz CT molecular complexity index is 102. The molecule has 0 aromatic carbocycles. The lowest BCUT2D eigenvalue weighted by molar-refractivity contribution is 0.734. The van der Waals surface area contributed by atoms with Crippen LogP contribution in [-0.2, 0) is 0 Å². The molecule has 1 aliphatic heterocycles. The van der Waals surface area contributed by atoms with Gasteiger partial charge in [-0.25, -0.2) is 0 Å². The summed E-state index contributed by atoms with van der Waals surface area (Å²) in [7, 11) is 0. The van der Waals surface area contributed by atoms with E-state index in [1.807, 2.05) is 13.1 Å². The summed E-state index contributed by atoms with van der Waals surface area (Å²) in [6.07, 6.45) is 1.92. The van der Waals surface area contributed by atoms with Gasteiger partial charge in [0.2, 0.25) is 0 Å². The van der Waals surface area contributed by atoms with Gasteiger partial charge in [0.15, 0.2) is 0 Å². The zero-order valence-corrected chi connectivity index (χ0v) is 5.59. The lowest BCUT2D eigenvalue weighted by atomic mass is 10.7. The summed E-state index contributed by atoms with van der Waals surface area (Å²) in [6.45, 7) is 2.05. The van der Waals surface area contributed by atoms with Crippen LogP contribution in [-0.4, -0.2) is 10.3 Å². The van der Waals surface area contributed by atoms with E-state index in [9.17, 15) is 0 Å². The molecule has 0 bridgehead atoms. The first-order valence-corrected chi connectivity index (χ1v) is 3.35. The van der Waals surface area contributed by atoms with Gasteiger partial charge in [-0.3, -0.25) is 4.42 Å². The zero-order chi connectivity index (χ0) is 5.28. The lowest BCUT2D eigenvalue weighted by Gasteiger charge is -1.96. The van der Waals surface area contributed by atoms with Gasteiger partial charge in [-0.1, -0.05) is 0 Å². The normalized spacial score (nSPS) is 20.3. The third-order valence-electron chi connectivity index (χ3n) is 0.737. The number of hydrogen-bond acceptors (Lipinski definition) is 2. The molecule has 0 amide bonds. The predicted octanol–water partition coefficient (Wildman–Crippen LogP) is 2.01. The van der Waals surface area contributed by atoms with Crippen molar-refractivity contribution in [1.29, 1.82) is 0 Å². The van der Waals surface area contributed by atoms with Crippen LogP contribution in [0.15, 0.2) is 11.1 Å². The lowest BCUT2D eigenvalue weighted by Crippen LogP contribution is -1.93. The smallest absolute Gasteiger partial charge is 0.0840 e. The summed E-state index contributed by atoms with van der Waals surface area (Å²) in [5.74, 6) is 0.896. The van der Waals surface area contributed by atoms with E-state index in [1.165, 1.54) is 4.91 Å². The number of nitrogens with zero attached hydrogens (tertiary/aromatic N) is 1. The minimum atomic E-state index is 0.896. The maximum absolute atomic E-state index is 5.54. The van der Waals surface area contributed by atoms with E-state index in [-0.39, 0.29) is 0 Å². The van der Waals surface area contributed by atoms with Crippen LogP contribution >= 0.6 is 23.5 Å². The molecule has 0 saturated heterocycles. The molecular weight excluding hydrogens is 130 g/mol. The van der Waals surface area contributed by atoms with Crippen LogP contribution in [0.1, 0.15) is 6.92 Å². The van der Waals surface area contributed by atoms with Gasteiger partial charge in [0.25, 0.3) is 0 Å². The van der Waals surface area contributed by atoms with Crippen LogP contribution in [0.4, 0.5) is 0 Å². The molecule has 1 rings (SSSR count). The number of thioether (sulfide) groups is 1. The largest absolute Gasteiger partial charge is 0.281 e. The average molecular weight is 136 g/mol. The van der Waals surface area contributed by atoms with Crippen molar-refractivity contribution in [2.75, 3.05) is 5.88 Å². The third-order valence-corrected chi connectivity index (χ3v) is 2.06. The third kappa shape index (κ3) is 1.28. The van der Waals surface area contributed by atoms with Crippen molar-refractivity contribution in [3.63, 3.8) is 0 Å². The Kier molecular flexibility index (Phi) is 1.50. The predicted molar refractivity (Wildman–Crippen MR) is 33.9 cm³/mol. The minimum absolute atomic E-state index is 0.896. The van der Waals surface area contributed by atoms with Crippen LogP contribution in [0.5, 0.6) is 0 Å². The highest BCUT2D eigenvalue weighted by atomic mass is 35.5. The topological polar surface area (TPSA) is 3.24 Å². The van der Waals surface area contributed by atoms with Gasteiger partial charge < -0.3 is 0 Å².